The Balaban J connectivity index is 2.51. The second kappa shape index (κ2) is 4.41. The standard InChI is InChI=1S/C8H7F5N2/c9-5-3-6(10)7(15-4-5)14-2-1-8(11,12)13/h3-4H,1-2H2,(H,14,15). The van der Waals surface area contributed by atoms with Gasteiger partial charge in [0, 0.05) is 12.6 Å². The fourth-order valence-corrected chi connectivity index (χ4v) is 0.867. The van der Waals surface area contributed by atoms with E-state index in [0.29, 0.717) is 6.07 Å². The van der Waals surface area contributed by atoms with E-state index in [0.717, 1.165) is 6.20 Å². The molecule has 7 heteroatoms. The van der Waals surface area contributed by atoms with E-state index in [9.17, 15) is 22.0 Å². The lowest BCUT2D eigenvalue weighted by atomic mass is 10.4. The minimum absolute atomic E-state index is 0.388. The Morgan fingerprint density at radius 2 is 1.93 bits per heavy atom. The zero-order valence-corrected chi connectivity index (χ0v) is 7.41. The summed E-state index contributed by atoms with van der Waals surface area (Å²) >= 11 is 0. The second-order valence-electron chi connectivity index (χ2n) is 2.78. The van der Waals surface area contributed by atoms with Crippen LogP contribution in [0.1, 0.15) is 6.42 Å². The molecule has 1 aromatic heterocycles. The summed E-state index contributed by atoms with van der Waals surface area (Å²) in [5.41, 5.74) is 0. The maximum atomic E-state index is 12.8. The maximum Gasteiger partial charge on any atom is 0.390 e. The highest BCUT2D eigenvalue weighted by Crippen LogP contribution is 2.19. The van der Waals surface area contributed by atoms with Crippen LogP contribution in [0, 0.1) is 11.6 Å². The van der Waals surface area contributed by atoms with Gasteiger partial charge in [-0.3, -0.25) is 0 Å². The molecule has 0 saturated carbocycles. The molecule has 0 unspecified atom stereocenters. The van der Waals surface area contributed by atoms with Crippen LogP contribution in [0.25, 0.3) is 0 Å². The largest absolute Gasteiger partial charge is 0.390 e. The zero-order valence-electron chi connectivity index (χ0n) is 7.41. The first kappa shape index (κ1) is 11.7. The lowest BCUT2D eigenvalue weighted by Crippen LogP contribution is -2.15. The molecule has 0 aromatic carbocycles. The fourth-order valence-electron chi connectivity index (χ4n) is 0.867. The highest BCUT2D eigenvalue weighted by Gasteiger charge is 2.26. The van der Waals surface area contributed by atoms with Gasteiger partial charge < -0.3 is 5.32 Å². The summed E-state index contributed by atoms with van der Waals surface area (Å²) in [5, 5.41) is 2.12. The Kier molecular flexibility index (Phi) is 3.43. The van der Waals surface area contributed by atoms with Gasteiger partial charge >= 0.3 is 6.18 Å². The molecule has 0 aliphatic rings. The predicted molar refractivity (Wildman–Crippen MR) is 43.3 cm³/mol. The van der Waals surface area contributed by atoms with Crippen LogP contribution in [0.3, 0.4) is 0 Å². The molecule has 0 radical (unpaired) electrons. The van der Waals surface area contributed by atoms with Crippen molar-refractivity contribution in [1.29, 1.82) is 0 Å². The molecule has 0 amide bonds. The molecule has 1 N–H and O–H groups in total. The van der Waals surface area contributed by atoms with Gasteiger partial charge in [0.05, 0.1) is 12.6 Å². The van der Waals surface area contributed by atoms with E-state index in [1.54, 1.807) is 0 Å². The molecule has 1 rings (SSSR count). The number of nitrogens with one attached hydrogen (secondary N) is 1. The SMILES string of the molecule is Fc1cnc(NCCC(F)(F)F)c(F)c1. The van der Waals surface area contributed by atoms with Crippen LogP contribution in [-0.4, -0.2) is 17.7 Å². The third-order valence-corrected chi connectivity index (χ3v) is 1.51. The lowest BCUT2D eigenvalue weighted by Gasteiger charge is -2.08. The molecular formula is C8H7F5N2. The molecule has 0 spiro atoms. The average Bonchev–Trinajstić information content (AvgIpc) is 2.07. The van der Waals surface area contributed by atoms with Gasteiger partial charge in [-0.15, -0.1) is 0 Å². The average molecular weight is 226 g/mol. The van der Waals surface area contributed by atoms with Crippen LogP contribution in [0.2, 0.25) is 0 Å². The summed E-state index contributed by atoms with van der Waals surface area (Å²) in [6.45, 7) is -0.501. The Morgan fingerprint density at radius 3 is 2.47 bits per heavy atom. The number of hydrogen-bond donors (Lipinski definition) is 1. The molecule has 2 nitrogen and oxygen atoms in total. The van der Waals surface area contributed by atoms with E-state index < -0.39 is 30.8 Å². The molecule has 84 valence electrons. The normalized spacial score (nSPS) is 11.5. The molecule has 0 saturated heterocycles. The topological polar surface area (TPSA) is 24.9 Å². The third kappa shape index (κ3) is 4.09. The first-order valence-electron chi connectivity index (χ1n) is 4.00. The number of pyridine rings is 1. The van der Waals surface area contributed by atoms with Crippen LogP contribution < -0.4 is 5.32 Å². The molecule has 0 fully saturated rings. The number of halogens is 5. The smallest absolute Gasteiger partial charge is 0.367 e. The van der Waals surface area contributed by atoms with Crippen LogP contribution in [0.15, 0.2) is 12.3 Å². The summed E-state index contributed by atoms with van der Waals surface area (Å²) in [7, 11) is 0. The van der Waals surface area contributed by atoms with E-state index in [2.05, 4.69) is 10.3 Å². The van der Waals surface area contributed by atoms with E-state index in [-0.39, 0.29) is 5.82 Å². The maximum absolute atomic E-state index is 12.8. The first-order chi connectivity index (χ1) is 6.88. The molecule has 0 aliphatic carbocycles. The molecule has 1 heterocycles. The highest BCUT2D eigenvalue weighted by atomic mass is 19.4. The second-order valence-corrected chi connectivity index (χ2v) is 2.78. The van der Waals surface area contributed by atoms with E-state index in [1.807, 2.05) is 0 Å². The van der Waals surface area contributed by atoms with Gasteiger partial charge in [-0.2, -0.15) is 13.2 Å². The Labute approximate surface area is 82.1 Å². The molecule has 15 heavy (non-hydrogen) atoms. The van der Waals surface area contributed by atoms with Crippen molar-refractivity contribution in [3.05, 3.63) is 23.9 Å². The number of alkyl halides is 3. The molecule has 1 aromatic rings. The summed E-state index contributed by atoms with van der Waals surface area (Å²) in [4.78, 5) is 3.27. The monoisotopic (exact) mass is 226 g/mol. The number of nitrogens with zero attached hydrogens (tertiary/aromatic N) is 1. The van der Waals surface area contributed by atoms with Crippen molar-refractivity contribution in [3.63, 3.8) is 0 Å². The van der Waals surface area contributed by atoms with Gasteiger partial charge in [0.2, 0.25) is 0 Å². The summed E-state index contributed by atoms with van der Waals surface area (Å²) in [6.07, 6.45) is -4.70. The van der Waals surface area contributed by atoms with Crippen molar-refractivity contribution < 1.29 is 22.0 Å². The van der Waals surface area contributed by atoms with E-state index >= 15 is 0 Å². The van der Waals surface area contributed by atoms with Crippen LogP contribution in [0.5, 0.6) is 0 Å². The minimum atomic E-state index is -4.32. The van der Waals surface area contributed by atoms with Crippen molar-refractivity contribution in [2.24, 2.45) is 0 Å². The van der Waals surface area contributed by atoms with Gasteiger partial charge in [0.15, 0.2) is 11.6 Å². The number of rotatable bonds is 3. The Hall–Kier alpha value is -1.40. The van der Waals surface area contributed by atoms with Gasteiger partial charge in [-0.05, 0) is 0 Å². The molecule has 0 atom stereocenters. The predicted octanol–water partition coefficient (Wildman–Crippen LogP) is 2.72. The number of aromatic nitrogens is 1. The highest BCUT2D eigenvalue weighted by molar-refractivity contribution is 5.35. The first-order valence-corrected chi connectivity index (χ1v) is 4.00. The van der Waals surface area contributed by atoms with Gasteiger partial charge in [0.25, 0.3) is 0 Å². The van der Waals surface area contributed by atoms with Crippen molar-refractivity contribution in [2.75, 3.05) is 11.9 Å². The quantitative estimate of drug-likeness (QED) is 0.801. The fraction of sp³-hybridized carbons (Fsp3) is 0.375. The van der Waals surface area contributed by atoms with Crippen molar-refractivity contribution in [3.8, 4) is 0 Å². The van der Waals surface area contributed by atoms with Crippen LogP contribution >= 0.6 is 0 Å². The van der Waals surface area contributed by atoms with Crippen molar-refractivity contribution in [1.82, 2.24) is 4.98 Å². The third-order valence-electron chi connectivity index (χ3n) is 1.51. The summed E-state index contributed by atoms with van der Waals surface area (Å²) < 4.78 is 60.3. The summed E-state index contributed by atoms with van der Waals surface area (Å²) in [5.74, 6) is -2.29. The van der Waals surface area contributed by atoms with Crippen molar-refractivity contribution >= 4 is 5.82 Å². The lowest BCUT2D eigenvalue weighted by molar-refractivity contribution is -0.131. The summed E-state index contributed by atoms with van der Waals surface area (Å²) in [6, 6.07) is 0.545. The zero-order chi connectivity index (χ0) is 11.5. The molecule has 0 bridgehead atoms. The minimum Gasteiger partial charge on any atom is -0.367 e. The Bertz CT molecular complexity index is 336. The molecule has 0 aliphatic heterocycles. The van der Waals surface area contributed by atoms with E-state index in [4.69, 9.17) is 0 Å². The van der Waals surface area contributed by atoms with Crippen LogP contribution in [-0.2, 0) is 0 Å². The van der Waals surface area contributed by atoms with Gasteiger partial charge in [-0.1, -0.05) is 0 Å². The van der Waals surface area contributed by atoms with Gasteiger partial charge in [0.1, 0.15) is 5.82 Å². The van der Waals surface area contributed by atoms with Gasteiger partial charge in [-0.25, -0.2) is 13.8 Å². The van der Waals surface area contributed by atoms with E-state index in [1.165, 1.54) is 0 Å². The number of hydrogen-bond acceptors (Lipinski definition) is 2. The molecular weight excluding hydrogens is 219 g/mol. The number of anilines is 1. The van der Waals surface area contributed by atoms with Crippen LogP contribution in [0.4, 0.5) is 27.8 Å². The Morgan fingerprint density at radius 1 is 1.27 bits per heavy atom. The van der Waals surface area contributed by atoms with Crippen molar-refractivity contribution in [2.45, 2.75) is 12.6 Å².